The largest absolute Gasteiger partial charge is 0.338 e. The predicted molar refractivity (Wildman–Crippen MR) is 78.3 cm³/mol. The van der Waals surface area contributed by atoms with Crippen molar-refractivity contribution in [3.05, 3.63) is 35.1 Å². The lowest BCUT2D eigenvalue weighted by Crippen LogP contribution is -2.00. The number of nitrogens with one attached hydrogen (secondary N) is 1. The highest BCUT2D eigenvalue weighted by Gasteiger charge is 2.12. The molecule has 0 saturated carbocycles. The first-order valence-corrected chi connectivity index (χ1v) is 6.65. The monoisotopic (exact) mass is 288 g/mol. The van der Waals surface area contributed by atoms with E-state index in [1.165, 1.54) is 6.33 Å². The van der Waals surface area contributed by atoms with Gasteiger partial charge in [0.25, 0.3) is 0 Å². The molecule has 0 radical (unpaired) electrons. The van der Waals surface area contributed by atoms with Crippen molar-refractivity contribution in [3.63, 3.8) is 0 Å². The van der Waals surface area contributed by atoms with Gasteiger partial charge in [-0.25, -0.2) is 14.6 Å². The van der Waals surface area contributed by atoms with Crippen LogP contribution in [0.5, 0.6) is 0 Å². The van der Waals surface area contributed by atoms with Gasteiger partial charge in [-0.1, -0.05) is 22.9 Å². The Balaban J connectivity index is 2.07. The molecule has 0 spiro atoms. The molecule has 0 aliphatic rings. The van der Waals surface area contributed by atoms with E-state index in [-0.39, 0.29) is 0 Å². The van der Waals surface area contributed by atoms with Crippen molar-refractivity contribution >= 4 is 34.3 Å². The second kappa shape index (κ2) is 5.05. The molecule has 2 aromatic heterocycles. The summed E-state index contributed by atoms with van der Waals surface area (Å²) in [6.07, 6.45) is 1.50. The fourth-order valence-electron chi connectivity index (χ4n) is 1.97. The molecule has 3 aromatic rings. The van der Waals surface area contributed by atoms with E-state index in [1.54, 1.807) is 4.68 Å². The lowest BCUT2D eigenvalue weighted by molar-refractivity contribution is 0.641. The van der Waals surface area contributed by atoms with Crippen molar-refractivity contribution < 1.29 is 0 Å². The summed E-state index contributed by atoms with van der Waals surface area (Å²) < 4.78 is 1.73. The third-order valence-corrected chi connectivity index (χ3v) is 3.53. The maximum Gasteiger partial charge on any atom is 0.183 e. The molecule has 0 bridgehead atoms. The van der Waals surface area contributed by atoms with Crippen molar-refractivity contribution in [1.82, 2.24) is 25.0 Å². The van der Waals surface area contributed by atoms with Crippen molar-refractivity contribution in [3.8, 4) is 0 Å². The fraction of sp³-hybridized carbons (Fsp3) is 0.231. The number of rotatable bonds is 3. The van der Waals surface area contributed by atoms with Crippen LogP contribution >= 0.6 is 11.6 Å². The number of hydrogen-bond acceptors (Lipinski definition) is 5. The number of hydrogen-bond donors (Lipinski definition) is 1. The van der Waals surface area contributed by atoms with Crippen LogP contribution < -0.4 is 5.32 Å². The molecule has 0 atom stereocenters. The first-order chi connectivity index (χ1) is 9.70. The summed E-state index contributed by atoms with van der Waals surface area (Å²) in [5.41, 5.74) is 3.21. The van der Waals surface area contributed by atoms with Gasteiger partial charge in [-0.2, -0.15) is 0 Å². The van der Waals surface area contributed by atoms with E-state index >= 15 is 0 Å². The summed E-state index contributed by atoms with van der Waals surface area (Å²) in [5, 5.41) is 12.1. The van der Waals surface area contributed by atoms with Crippen LogP contribution in [0, 0.1) is 6.92 Å². The molecule has 3 rings (SSSR count). The smallest absolute Gasteiger partial charge is 0.183 e. The minimum absolute atomic E-state index is 0.625. The highest BCUT2D eigenvalue weighted by atomic mass is 35.5. The fourth-order valence-corrected chi connectivity index (χ4v) is 2.14. The summed E-state index contributed by atoms with van der Waals surface area (Å²) in [5.74, 6) is 0.625. The van der Waals surface area contributed by atoms with Gasteiger partial charge in [-0.3, -0.25) is 0 Å². The molecule has 2 heterocycles. The SMILES string of the molecule is CCn1nnc2c(Nc3cccc(Cl)c3C)ncnc21. The number of nitrogens with zero attached hydrogens (tertiary/aromatic N) is 5. The maximum absolute atomic E-state index is 6.12. The molecule has 0 amide bonds. The van der Waals surface area contributed by atoms with E-state index in [9.17, 15) is 0 Å². The molecule has 6 nitrogen and oxygen atoms in total. The summed E-state index contributed by atoms with van der Waals surface area (Å²) in [4.78, 5) is 8.45. The molecule has 7 heteroatoms. The van der Waals surface area contributed by atoms with Gasteiger partial charge in [0.15, 0.2) is 17.0 Å². The number of halogens is 1. The van der Waals surface area contributed by atoms with Crippen LogP contribution in [0.25, 0.3) is 11.2 Å². The van der Waals surface area contributed by atoms with E-state index in [2.05, 4.69) is 25.6 Å². The van der Waals surface area contributed by atoms with E-state index in [0.29, 0.717) is 28.5 Å². The topological polar surface area (TPSA) is 68.5 Å². The molecule has 0 aliphatic heterocycles. The highest BCUT2D eigenvalue weighted by molar-refractivity contribution is 6.31. The predicted octanol–water partition coefficient (Wildman–Crippen LogP) is 2.95. The number of fused-ring (bicyclic) bond motifs is 1. The van der Waals surface area contributed by atoms with Crippen molar-refractivity contribution in [1.29, 1.82) is 0 Å². The minimum Gasteiger partial charge on any atom is -0.338 e. The number of aryl methyl sites for hydroxylation is 1. The standard InChI is InChI=1S/C13H13ClN6/c1-3-20-13-11(18-19-20)12(15-7-16-13)17-10-6-4-5-9(14)8(10)2/h4-7H,3H2,1-2H3,(H,15,16,17). The molecule has 102 valence electrons. The summed E-state index contributed by atoms with van der Waals surface area (Å²) in [7, 11) is 0. The molecule has 20 heavy (non-hydrogen) atoms. The van der Waals surface area contributed by atoms with E-state index in [0.717, 1.165) is 11.3 Å². The van der Waals surface area contributed by atoms with E-state index in [1.807, 2.05) is 32.0 Å². The van der Waals surface area contributed by atoms with Gasteiger partial charge >= 0.3 is 0 Å². The molecule has 0 aliphatic carbocycles. The van der Waals surface area contributed by atoms with Crippen LogP contribution in [0.1, 0.15) is 12.5 Å². The van der Waals surface area contributed by atoms with Gasteiger partial charge in [0, 0.05) is 17.3 Å². The lowest BCUT2D eigenvalue weighted by atomic mass is 10.2. The van der Waals surface area contributed by atoms with Gasteiger partial charge in [-0.05, 0) is 31.5 Å². The average molecular weight is 289 g/mol. The highest BCUT2D eigenvalue weighted by Crippen LogP contribution is 2.27. The lowest BCUT2D eigenvalue weighted by Gasteiger charge is -2.09. The van der Waals surface area contributed by atoms with Crippen molar-refractivity contribution in [2.45, 2.75) is 20.4 Å². The zero-order chi connectivity index (χ0) is 14.1. The van der Waals surface area contributed by atoms with Crippen LogP contribution in [0.15, 0.2) is 24.5 Å². The minimum atomic E-state index is 0.625. The Bertz CT molecular complexity index is 767. The zero-order valence-electron chi connectivity index (χ0n) is 11.1. The van der Waals surface area contributed by atoms with Gasteiger partial charge in [0.2, 0.25) is 0 Å². The van der Waals surface area contributed by atoms with E-state index < -0.39 is 0 Å². The van der Waals surface area contributed by atoms with Crippen molar-refractivity contribution in [2.24, 2.45) is 0 Å². The van der Waals surface area contributed by atoms with Crippen LogP contribution in [0.4, 0.5) is 11.5 Å². The second-order valence-electron chi connectivity index (χ2n) is 4.34. The molecular weight excluding hydrogens is 276 g/mol. The Morgan fingerprint density at radius 1 is 1.30 bits per heavy atom. The number of benzene rings is 1. The Hall–Kier alpha value is -2.21. The molecule has 1 aromatic carbocycles. The Kier molecular flexibility index (Phi) is 3.23. The first-order valence-electron chi connectivity index (χ1n) is 6.27. The van der Waals surface area contributed by atoms with Crippen molar-refractivity contribution in [2.75, 3.05) is 5.32 Å². The van der Waals surface area contributed by atoms with Crippen LogP contribution in [-0.4, -0.2) is 25.0 Å². The number of aromatic nitrogens is 5. The molecule has 1 N–H and O–H groups in total. The van der Waals surface area contributed by atoms with Gasteiger partial charge in [0.1, 0.15) is 6.33 Å². The summed E-state index contributed by atoms with van der Waals surface area (Å²) >= 11 is 6.12. The average Bonchev–Trinajstić information content (AvgIpc) is 2.88. The Morgan fingerprint density at radius 3 is 2.95 bits per heavy atom. The van der Waals surface area contributed by atoms with Crippen LogP contribution in [0.3, 0.4) is 0 Å². The quantitative estimate of drug-likeness (QED) is 0.802. The third kappa shape index (κ3) is 2.08. The molecule has 0 fully saturated rings. The van der Waals surface area contributed by atoms with E-state index in [4.69, 9.17) is 11.6 Å². The Labute approximate surface area is 120 Å². The molecule has 0 saturated heterocycles. The van der Waals surface area contributed by atoms with Gasteiger partial charge in [-0.15, -0.1) is 5.10 Å². The number of anilines is 2. The summed E-state index contributed by atoms with van der Waals surface area (Å²) in [6.45, 7) is 4.65. The Morgan fingerprint density at radius 2 is 2.15 bits per heavy atom. The second-order valence-corrected chi connectivity index (χ2v) is 4.74. The molecule has 0 unspecified atom stereocenters. The summed E-state index contributed by atoms with van der Waals surface area (Å²) in [6, 6.07) is 5.68. The maximum atomic E-state index is 6.12. The first kappa shape index (κ1) is 12.8. The molecular formula is C13H13ClN6. The van der Waals surface area contributed by atoms with Gasteiger partial charge < -0.3 is 5.32 Å². The zero-order valence-corrected chi connectivity index (χ0v) is 11.9. The third-order valence-electron chi connectivity index (χ3n) is 3.12. The normalized spacial score (nSPS) is 10.9. The van der Waals surface area contributed by atoms with Crippen LogP contribution in [-0.2, 0) is 6.54 Å². The van der Waals surface area contributed by atoms with Gasteiger partial charge in [0.05, 0.1) is 0 Å². The van der Waals surface area contributed by atoms with Crippen LogP contribution in [0.2, 0.25) is 5.02 Å².